The van der Waals surface area contributed by atoms with Crippen molar-refractivity contribution in [1.29, 1.82) is 0 Å². The van der Waals surface area contributed by atoms with Crippen LogP contribution in [0.3, 0.4) is 0 Å². The molecule has 1 aromatic rings. The summed E-state index contributed by atoms with van der Waals surface area (Å²) < 4.78 is 11.2. The van der Waals surface area contributed by atoms with Gasteiger partial charge in [-0.05, 0) is 29.9 Å². The summed E-state index contributed by atoms with van der Waals surface area (Å²) in [7, 11) is 0. The minimum absolute atomic E-state index is 0.0348. The van der Waals surface area contributed by atoms with Gasteiger partial charge in [0.15, 0.2) is 6.29 Å². The van der Waals surface area contributed by atoms with Gasteiger partial charge in [0.1, 0.15) is 0 Å². The number of hydrogen-bond donors (Lipinski definition) is 0. The molecule has 2 aliphatic rings. The fraction of sp³-hybridized carbons (Fsp3) is 0.692. The zero-order valence-corrected chi connectivity index (χ0v) is 10.9. The quantitative estimate of drug-likeness (QED) is 0.825. The molecule has 3 nitrogen and oxygen atoms in total. The van der Waals surface area contributed by atoms with E-state index in [1.165, 1.54) is 18.5 Å². The first-order chi connectivity index (χ1) is 8.42. The second-order valence-corrected chi connectivity index (χ2v) is 5.71. The van der Waals surface area contributed by atoms with Crippen molar-refractivity contribution in [2.24, 2.45) is 0 Å². The highest BCUT2D eigenvalue weighted by atomic mass is 32.1. The average molecular weight is 253 g/mol. The molecule has 1 saturated heterocycles. The molecule has 4 heteroatoms. The van der Waals surface area contributed by atoms with Crippen LogP contribution in [0.15, 0.2) is 11.4 Å². The topological polar surface area (TPSA) is 21.7 Å². The molecular weight excluding hydrogens is 234 g/mol. The molecule has 0 bridgehead atoms. The number of hydrogen-bond acceptors (Lipinski definition) is 4. The van der Waals surface area contributed by atoms with E-state index in [2.05, 4.69) is 16.3 Å². The van der Waals surface area contributed by atoms with E-state index in [1.807, 2.05) is 11.3 Å². The highest BCUT2D eigenvalue weighted by Gasteiger charge is 2.19. The Kier molecular flexibility index (Phi) is 3.76. The summed E-state index contributed by atoms with van der Waals surface area (Å²) in [6.07, 6.45) is 3.28. The van der Waals surface area contributed by atoms with Crippen molar-refractivity contribution in [2.75, 3.05) is 26.3 Å². The van der Waals surface area contributed by atoms with Crippen molar-refractivity contribution in [2.45, 2.75) is 32.1 Å². The molecule has 0 atom stereocenters. The second kappa shape index (κ2) is 5.48. The van der Waals surface area contributed by atoms with Crippen LogP contribution in [0.5, 0.6) is 0 Å². The maximum absolute atomic E-state index is 5.58. The minimum Gasteiger partial charge on any atom is -0.353 e. The highest BCUT2D eigenvalue weighted by Crippen LogP contribution is 2.24. The third-order valence-electron chi connectivity index (χ3n) is 3.46. The Morgan fingerprint density at radius 2 is 2.24 bits per heavy atom. The average Bonchev–Trinajstić information content (AvgIpc) is 2.85. The Morgan fingerprint density at radius 1 is 1.35 bits per heavy atom. The van der Waals surface area contributed by atoms with Crippen LogP contribution >= 0.6 is 11.3 Å². The largest absolute Gasteiger partial charge is 0.353 e. The zero-order chi connectivity index (χ0) is 11.5. The summed E-state index contributed by atoms with van der Waals surface area (Å²) in [5, 5.41) is 2.21. The van der Waals surface area contributed by atoms with Crippen LogP contribution in [0.2, 0.25) is 0 Å². The smallest absolute Gasteiger partial charge is 0.158 e. The number of ether oxygens (including phenoxy) is 2. The summed E-state index contributed by atoms with van der Waals surface area (Å²) in [5.74, 6) is 0. The van der Waals surface area contributed by atoms with Crippen LogP contribution in [-0.2, 0) is 22.4 Å². The van der Waals surface area contributed by atoms with Gasteiger partial charge in [-0.2, -0.15) is 0 Å². The second-order valence-electron chi connectivity index (χ2n) is 4.71. The molecule has 0 spiro atoms. The molecule has 0 amide bonds. The van der Waals surface area contributed by atoms with Crippen LogP contribution in [-0.4, -0.2) is 37.5 Å². The maximum Gasteiger partial charge on any atom is 0.158 e. The molecule has 94 valence electrons. The van der Waals surface area contributed by atoms with Gasteiger partial charge in [0.05, 0.1) is 13.2 Å². The fourth-order valence-electron chi connectivity index (χ4n) is 2.49. The van der Waals surface area contributed by atoms with Gasteiger partial charge in [-0.15, -0.1) is 11.3 Å². The van der Waals surface area contributed by atoms with E-state index < -0.39 is 0 Å². The van der Waals surface area contributed by atoms with Crippen LogP contribution < -0.4 is 0 Å². The van der Waals surface area contributed by atoms with E-state index in [1.54, 1.807) is 4.88 Å². The molecule has 0 saturated carbocycles. The van der Waals surface area contributed by atoms with Crippen LogP contribution in [0.4, 0.5) is 0 Å². The Balaban J connectivity index is 1.47. The van der Waals surface area contributed by atoms with Gasteiger partial charge >= 0.3 is 0 Å². The van der Waals surface area contributed by atoms with Gasteiger partial charge in [-0.3, -0.25) is 4.90 Å². The van der Waals surface area contributed by atoms with Crippen molar-refractivity contribution in [3.8, 4) is 0 Å². The normalized spacial score (nSPS) is 22.6. The molecule has 0 unspecified atom stereocenters. The first kappa shape index (κ1) is 11.7. The molecule has 0 aromatic carbocycles. The Labute approximate surface area is 106 Å². The molecule has 1 aromatic heterocycles. The Bertz CT molecular complexity index is 360. The third kappa shape index (κ3) is 2.88. The molecule has 17 heavy (non-hydrogen) atoms. The Hall–Kier alpha value is -0.420. The van der Waals surface area contributed by atoms with E-state index >= 15 is 0 Å². The molecule has 0 N–H and O–H groups in total. The van der Waals surface area contributed by atoms with Crippen molar-refractivity contribution < 1.29 is 9.47 Å². The molecule has 1 fully saturated rings. The van der Waals surface area contributed by atoms with E-state index in [0.29, 0.717) is 0 Å². The summed E-state index contributed by atoms with van der Waals surface area (Å²) in [4.78, 5) is 4.09. The molecule has 3 rings (SSSR count). The van der Waals surface area contributed by atoms with Gasteiger partial charge in [0.2, 0.25) is 0 Å². The predicted molar refractivity (Wildman–Crippen MR) is 68.2 cm³/mol. The standard InChI is InChI=1S/C13H19NO2S/c1-7-15-13(16-8-1)3-6-14-5-2-12-11(10-14)4-9-17-12/h4,9,13H,1-3,5-8,10H2. The van der Waals surface area contributed by atoms with Crippen molar-refractivity contribution in [3.05, 3.63) is 21.9 Å². The van der Waals surface area contributed by atoms with Crippen LogP contribution in [0.1, 0.15) is 23.3 Å². The third-order valence-corrected chi connectivity index (χ3v) is 4.49. The molecule has 0 radical (unpaired) electrons. The minimum atomic E-state index is 0.0348. The number of fused-ring (bicyclic) bond motifs is 1. The van der Waals surface area contributed by atoms with Crippen molar-refractivity contribution in [1.82, 2.24) is 4.90 Å². The number of rotatable bonds is 3. The summed E-state index contributed by atoms with van der Waals surface area (Å²) in [6, 6.07) is 2.26. The van der Waals surface area contributed by atoms with Gasteiger partial charge in [0.25, 0.3) is 0 Å². The summed E-state index contributed by atoms with van der Waals surface area (Å²) >= 11 is 1.90. The maximum atomic E-state index is 5.58. The monoisotopic (exact) mass is 253 g/mol. The van der Waals surface area contributed by atoms with Gasteiger partial charge in [0, 0.05) is 30.9 Å². The first-order valence-corrected chi connectivity index (χ1v) is 7.30. The zero-order valence-electron chi connectivity index (χ0n) is 10.1. The number of nitrogens with zero attached hydrogens (tertiary/aromatic N) is 1. The van der Waals surface area contributed by atoms with E-state index in [4.69, 9.17) is 9.47 Å². The molecule has 0 aliphatic carbocycles. The van der Waals surface area contributed by atoms with E-state index in [-0.39, 0.29) is 6.29 Å². The first-order valence-electron chi connectivity index (χ1n) is 6.42. The van der Waals surface area contributed by atoms with Gasteiger partial charge in [-0.25, -0.2) is 0 Å². The van der Waals surface area contributed by atoms with Crippen LogP contribution in [0.25, 0.3) is 0 Å². The lowest BCUT2D eigenvalue weighted by atomic mass is 10.1. The number of thiophene rings is 1. The van der Waals surface area contributed by atoms with Gasteiger partial charge < -0.3 is 9.47 Å². The molecule has 3 heterocycles. The van der Waals surface area contributed by atoms with Crippen molar-refractivity contribution in [3.63, 3.8) is 0 Å². The lowest BCUT2D eigenvalue weighted by Gasteiger charge is -2.29. The van der Waals surface area contributed by atoms with Crippen molar-refractivity contribution >= 4 is 11.3 Å². The molecule has 2 aliphatic heterocycles. The van der Waals surface area contributed by atoms with Gasteiger partial charge in [-0.1, -0.05) is 0 Å². The SMILES string of the molecule is c1cc2c(s1)CCN(CCC1OCCCO1)C2. The van der Waals surface area contributed by atoms with E-state index in [0.717, 1.165) is 39.1 Å². The summed E-state index contributed by atoms with van der Waals surface area (Å²) in [5.41, 5.74) is 1.52. The Morgan fingerprint density at radius 3 is 3.12 bits per heavy atom. The van der Waals surface area contributed by atoms with E-state index in [9.17, 15) is 0 Å². The summed E-state index contributed by atoms with van der Waals surface area (Å²) in [6.45, 7) is 5.09. The lowest BCUT2D eigenvalue weighted by molar-refractivity contribution is -0.182. The highest BCUT2D eigenvalue weighted by molar-refractivity contribution is 7.10. The fourth-order valence-corrected chi connectivity index (χ4v) is 3.38. The van der Waals surface area contributed by atoms with Crippen LogP contribution in [0, 0.1) is 0 Å². The molecular formula is C13H19NO2S. The lowest BCUT2D eigenvalue weighted by Crippen LogP contribution is -2.34. The predicted octanol–water partition coefficient (Wildman–Crippen LogP) is 2.26.